The number of carbonyl (C=O) groups is 3. The fourth-order valence-corrected chi connectivity index (χ4v) is 9.47. The summed E-state index contributed by atoms with van der Waals surface area (Å²) in [4.78, 5) is 35.6. The van der Waals surface area contributed by atoms with Gasteiger partial charge in [0.1, 0.15) is 12.2 Å². The second kappa shape index (κ2) is 10.7. The zero-order valence-corrected chi connectivity index (χ0v) is 26.4. The number of allylic oxidation sites excluding steroid dienone is 3. The van der Waals surface area contributed by atoms with E-state index in [-0.39, 0.29) is 64.2 Å². The van der Waals surface area contributed by atoms with Gasteiger partial charge in [-0.15, -0.1) is 0 Å². The molecular weight excluding hydrogens is 520 g/mol. The molecule has 7 nitrogen and oxygen atoms in total. The summed E-state index contributed by atoms with van der Waals surface area (Å²) >= 11 is 0. The topological polar surface area (TPSA) is 110 Å². The predicted octanol–water partition coefficient (Wildman–Crippen LogP) is 6.40. The number of aliphatic hydroxyl groups is 1. The number of fused-ring (bicyclic) bond motifs is 5. The molecule has 0 saturated heterocycles. The molecule has 4 aliphatic carbocycles. The fraction of sp³-hybridized carbons (Fsp3) is 0.735. The van der Waals surface area contributed by atoms with Gasteiger partial charge in [-0.1, -0.05) is 59.8 Å². The molecule has 0 aliphatic heterocycles. The van der Waals surface area contributed by atoms with Crippen LogP contribution in [0.4, 0.5) is 0 Å². The first-order valence-corrected chi connectivity index (χ1v) is 15.3. The van der Waals surface area contributed by atoms with E-state index >= 15 is 0 Å². The van der Waals surface area contributed by atoms with Crippen LogP contribution in [-0.4, -0.2) is 46.4 Å². The molecule has 4 rings (SSSR count). The van der Waals surface area contributed by atoms with Crippen LogP contribution in [0.2, 0.25) is 0 Å². The van der Waals surface area contributed by atoms with E-state index in [4.69, 9.17) is 9.47 Å². The summed E-state index contributed by atoms with van der Waals surface area (Å²) in [6, 6.07) is 0. The molecule has 228 valence electrons. The molecule has 0 aromatic carbocycles. The van der Waals surface area contributed by atoms with Crippen molar-refractivity contribution < 1.29 is 34.1 Å². The molecule has 0 amide bonds. The molecule has 0 spiro atoms. The minimum Gasteiger partial charge on any atom is -0.478 e. The van der Waals surface area contributed by atoms with E-state index in [9.17, 15) is 24.6 Å². The van der Waals surface area contributed by atoms with E-state index in [1.165, 1.54) is 25.0 Å². The zero-order chi connectivity index (χ0) is 30.7. The Balaban J connectivity index is 1.74. The Morgan fingerprint density at radius 1 is 1.00 bits per heavy atom. The monoisotopic (exact) mass is 570 g/mol. The standard InChI is InChI=1S/C34H50O7/c1-19(30(38)39)10-12-26(37)20(2)25-18-29(41-22(4)36)34(9)24-11-13-27-31(5,6)28(40-21(3)35)15-16-32(27,7)23(24)14-17-33(25,34)8/h10-11,14,20,25-29,37H,12-13,15-18H2,1-9H3,(H,38,39). The smallest absolute Gasteiger partial charge is 0.330 e. The lowest BCUT2D eigenvalue weighted by Crippen LogP contribution is -2.56. The quantitative estimate of drug-likeness (QED) is 0.269. The molecule has 2 saturated carbocycles. The van der Waals surface area contributed by atoms with Crippen molar-refractivity contribution >= 4 is 17.9 Å². The van der Waals surface area contributed by atoms with E-state index in [1.807, 2.05) is 6.92 Å². The molecule has 0 aromatic heterocycles. The largest absolute Gasteiger partial charge is 0.478 e. The predicted molar refractivity (Wildman–Crippen MR) is 157 cm³/mol. The molecular formula is C34H50O7. The Morgan fingerprint density at radius 3 is 2.20 bits per heavy atom. The molecule has 0 heterocycles. The Labute approximate surface area is 245 Å². The summed E-state index contributed by atoms with van der Waals surface area (Å²) in [5, 5.41) is 20.5. The first-order valence-electron chi connectivity index (χ1n) is 15.3. The van der Waals surface area contributed by atoms with Gasteiger partial charge in [0.2, 0.25) is 0 Å². The Bertz CT molecular complexity index is 1190. The molecule has 9 atom stereocenters. The number of ether oxygens (including phenoxy) is 2. The number of rotatable bonds is 7. The molecule has 9 unspecified atom stereocenters. The van der Waals surface area contributed by atoms with Crippen LogP contribution < -0.4 is 0 Å². The lowest BCUT2D eigenvalue weighted by Gasteiger charge is -2.61. The minimum atomic E-state index is -0.980. The van der Waals surface area contributed by atoms with Crippen LogP contribution in [0.5, 0.6) is 0 Å². The van der Waals surface area contributed by atoms with Crippen molar-refractivity contribution in [2.24, 2.45) is 39.4 Å². The van der Waals surface area contributed by atoms with Gasteiger partial charge in [0.05, 0.1) is 6.10 Å². The summed E-state index contributed by atoms with van der Waals surface area (Å²) < 4.78 is 11.9. The van der Waals surface area contributed by atoms with Gasteiger partial charge in [0, 0.05) is 30.3 Å². The average molecular weight is 571 g/mol. The summed E-state index contributed by atoms with van der Waals surface area (Å²) in [7, 11) is 0. The average Bonchev–Trinajstić information content (AvgIpc) is 3.10. The van der Waals surface area contributed by atoms with Gasteiger partial charge in [-0.05, 0) is 85.2 Å². The van der Waals surface area contributed by atoms with Gasteiger partial charge in [-0.25, -0.2) is 4.79 Å². The number of esters is 2. The third-order valence-electron chi connectivity index (χ3n) is 12.2. The molecule has 2 fully saturated rings. The van der Waals surface area contributed by atoms with Gasteiger partial charge >= 0.3 is 17.9 Å². The van der Waals surface area contributed by atoms with Gasteiger partial charge in [0.25, 0.3) is 0 Å². The maximum atomic E-state index is 12.4. The van der Waals surface area contributed by atoms with E-state index in [2.05, 4.69) is 46.8 Å². The summed E-state index contributed by atoms with van der Waals surface area (Å²) in [5.74, 6) is -1.28. The Kier molecular flexibility index (Phi) is 8.22. The van der Waals surface area contributed by atoms with Crippen LogP contribution in [0.25, 0.3) is 0 Å². The van der Waals surface area contributed by atoms with Crippen molar-refractivity contribution in [1.29, 1.82) is 0 Å². The maximum absolute atomic E-state index is 12.4. The van der Waals surface area contributed by atoms with Gasteiger partial charge in [-0.3, -0.25) is 9.59 Å². The molecule has 4 aliphatic rings. The van der Waals surface area contributed by atoms with E-state index in [1.54, 1.807) is 13.0 Å². The number of carbonyl (C=O) groups excluding carboxylic acids is 2. The highest BCUT2D eigenvalue weighted by Gasteiger charge is 2.68. The second-order valence-corrected chi connectivity index (χ2v) is 14.5. The molecule has 0 aromatic rings. The SMILES string of the molecule is CC(=O)OC1CCC2(C)C3=CCC4(C)C(C(C)C(O)CC=C(C)C(=O)O)CC(OC(C)=O)C4(C)C3=CCC2C1(C)C. The minimum absolute atomic E-state index is 0.0609. The van der Waals surface area contributed by atoms with Crippen LogP contribution in [0.1, 0.15) is 101 Å². The van der Waals surface area contributed by atoms with Crippen LogP contribution in [-0.2, 0) is 23.9 Å². The number of carboxylic acids is 1. The van der Waals surface area contributed by atoms with Crippen LogP contribution >= 0.6 is 0 Å². The third-order valence-corrected chi connectivity index (χ3v) is 12.2. The van der Waals surface area contributed by atoms with Crippen molar-refractivity contribution in [2.75, 3.05) is 0 Å². The first kappa shape index (κ1) is 31.5. The number of hydrogen-bond acceptors (Lipinski definition) is 6. The normalized spacial score (nSPS) is 39.2. The van der Waals surface area contributed by atoms with Crippen molar-refractivity contribution in [2.45, 2.75) is 119 Å². The highest BCUT2D eigenvalue weighted by Crippen LogP contribution is 2.72. The second-order valence-electron chi connectivity index (χ2n) is 14.5. The number of hydrogen-bond donors (Lipinski definition) is 2. The van der Waals surface area contributed by atoms with Gasteiger partial charge in [-0.2, -0.15) is 0 Å². The molecule has 2 N–H and O–H groups in total. The number of aliphatic hydroxyl groups excluding tert-OH is 1. The van der Waals surface area contributed by atoms with Crippen molar-refractivity contribution in [3.8, 4) is 0 Å². The van der Waals surface area contributed by atoms with Crippen LogP contribution in [0, 0.1) is 39.4 Å². The van der Waals surface area contributed by atoms with Gasteiger partial charge in [0.15, 0.2) is 0 Å². The fourth-order valence-electron chi connectivity index (χ4n) is 9.47. The maximum Gasteiger partial charge on any atom is 0.330 e. The number of carboxylic acid groups (broad SMARTS) is 1. The first-order chi connectivity index (χ1) is 18.9. The highest BCUT2D eigenvalue weighted by atomic mass is 16.5. The van der Waals surface area contributed by atoms with Crippen molar-refractivity contribution in [3.05, 3.63) is 34.9 Å². The molecule has 7 heteroatoms. The summed E-state index contributed by atoms with van der Waals surface area (Å²) in [6.45, 7) is 17.9. The zero-order valence-electron chi connectivity index (χ0n) is 26.4. The highest BCUT2D eigenvalue weighted by molar-refractivity contribution is 5.85. The molecule has 0 radical (unpaired) electrons. The summed E-state index contributed by atoms with van der Waals surface area (Å²) in [6.07, 6.45) is 9.51. The van der Waals surface area contributed by atoms with Crippen LogP contribution in [0.15, 0.2) is 34.9 Å². The molecule has 0 bridgehead atoms. The third kappa shape index (κ3) is 4.90. The lowest BCUT2D eigenvalue weighted by atomic mass is 9.44. The van der Waals surface area contributed by atoms with E-state index < -0.39 is 17.5 Å². The van der Waals surface area contributed by atoms with Crippen molar-refractivity contribution in [3.63, 3.8) is 0 Å². The van der Waals surface area contributed by atoms with E-state index in [0.29, 0.717) is 12.3 Å². The van der Waals surface area contributed by atoms with E-state index in [0.717, 1.165) is 25.7 Å². The summed E-state index contributed by atoms with van der Waals surface area (Å²) in [5.41, 5.74) is 1.82. The van der Waals surface area contributed by atoms with Crippen molar-refractivity contribution in [1.82, 2.24) is 0 Å². The van der Waals surface area contributed by atoms with Gasteiger partial charge < -0.3 is 19.7 Å². The lowest BCUT2D eigenvalue weighted by molar-refractivity contribution is -0.166. The molecule has 41 heavy (non-hydrogen) atoms. The number of aliphatic carboxylic acids is 1. The Hall–Kier alpha value is -2.41. The van der Waals surface area contributed by atoms with Crippen LogP contribution in [0.3, 0.4) is 0 Å². The Morgan fingerprint density at radius 2 is 1.61 bits per heavy atom.